The van der Waals surface area contributed by atoms with Gasteiger partial charge in [0.25, 0.3) is 0 Å². The predicted octanol–water partition coefficient (Wildman–Crippen LogP) is 4.76. The minimum absolute atomic E-state index is 0.339. The lowest BCUT2D eigenvalue weighted by Gasteiger charge is -2.18. The first-order valence-corrected chi connectivity index (χ1v) is 11.0. The smallest absolute Gasteiger partial charge is 0.220 e. The third-order valence-corrected chi connectivity index (χ3v) is 6.10. The molecule has 0 spiro atoms. The summed E-state index contributed by atoms with van der Waals surface area (Å²) in [4.78, 5) is 11.1. The van der Waals surface area contributed by atoms with Gasteiger partial charge in [-0.25, -0.2) is 0 Å². The second-order valence-corrected chi connectivity index (χ2v) is 8.22. The molecule has 32 heavy (non-hydrogen) atoms. The third-order valence-electron chi connectivity index (χ3n) is 4.61. The summed E-state index contributed by atoms with van der Waals surface area (Å²) in [7, 11) is 3.00. The fourth-order valence-corrected chi connectivity index (χ4v) is 4.71. The van der Waals surface area contributed by atoms with Gasteiger partial charge in [-0.05, 0) is 49.7 Å². The number of ether oxygens (including phenoxy) is 3. The number of methoxy groups -OCH3 is 2. The Labute approximate surface area is 194 Å². The van der Waals surface area contributed by atoms with Crippen LogP contribution in [0.1, 0.15) is 23.6 Å². The molecule has 0 saturated carbocycles. The first-order chi connectivity index (χ1) is 15.4. The number of hydrogen-bond acceptors (Lipinski definition) is 8. The van der Waals surface area contributed by atoms with Crippen LogP contribution in [-0.4, -0.2) is 47.1 Å². The van der Waals surface area contributed by atoms with Crippen LogP contribution in [0.15, 0.2) is 41.6 Å². The van der Waals surface area contributed by atoms with E-state index in [4.69, 9.17) is 25.8 Å². The molecule has 0 bridgehead atoms. The summed E-state index contributed by atoms with van der Waals surface area (Å²) in [5.74, 6) is 2.28. The van der Waals surface area contributed by atoms with Crippen molar-refractivity contribution in [1.82, 2.24) is 14.8 Å². The Bertz CT molecular complexity index is 1090. The number of aryl methyl sites for hydroxylation is 1. The van der Waals surface area contributed by atoms with Crippen LogP contribution in [0.4, 0.5) is 0 Å². The Morgan fingerprint density at radius 2 is 1.81 bits per heavy atom. The molecule has 0 aliphatic rings. The summed E-state index contributed by atoms with van der Waals surface area (Å²) in [5, 5.41) is 20.1. The largest absolute Gasteiger partial charge is 0.494 e. The number of thioether (sulfide) groups is 1. The number of halogens is 1. The van der Waals surface area contributed by atoms with Crippen molar-refractivity contribution in [2.24, 2.45) is 0 Å². The summed E-state index contributed by atoms with van der Waals surface area (Å²) in [6, 6.07) is 10.7. The molecule has 1 heterocycles. The predicted molar refractivity (Wildman–Crippen MR) is 122 cm³/mol. The standard InChI is InChI=1S/C21H23ClN4O5S/c1-5-31-15-8-6-14(7-9-15)26-13(2)23-24-21(26)32-20(12-25(27)28)16-10-18(29-3)19(30-4)11-17(16)22/h6-11,20H,5,12H2,1-4H3/t20-/m1/s1. The van der Waals surface area contributed by atoms with Crippen molar-refractivity contribution in [2.45, 2.75) is 24.3 Å². The first-order valence-electron chi connectivity index (χ1n) is 9.73. The fourth-order valence-electron chi connectivity index (χ4n) is 3.15. The quantitative estimate of drug-likeness (QED) is 0.233. The summed E-state index contributed by atoms with van der Waals surface area (Å²) in [5.41, 5.74) is 1.36. The molecular weight excluding hydrogens is 456 g/mol. The normalized spacial score (nSPS) is 11.8. The maximum atomic E-state index is 11.5. The molecule has 0 radical (unpaired) electrons. The maximum absolute atomic E-state index is 11.5. The topological polar surface area (TPSA) is 102 Å². The molecule has 0 saturated heterocycles. The van der Waals surface area contributed by atoms with Crippen LogP contribution < -0.4 is 14.2 Å². The number of rotatable bonds is 10. The van der Waals surface area contributed by atoms with E-state index in [-0.39, 0.29) is 11.5 Å². The van der Waals surface area contributed by atoms with Gasteiger partial charge in [-0.1, -0.05) is 23.4 Å². The molecule has 11 heteroatoms. The van der Waals surface area contributed by atoms with Crippen LogP contribution in [0.25, 0.3) is 5.69 Å². The van der Waals surface area contributed by atoms with Crippen LogP contribution in [-0.2, 0) is 0 Å². The molecule has 2 aromatic carbocycles. The third kappa shape index (κ3) is 5.25. The van der Waals surface area contributed by atoms with E-state index in [1.165, 1.54) is 26.0 Å². The lowest BCUT2D eigenvalue weighted by Crippen LogP contribution is -2.12. The van der Waals surface area contributed by atoms with Gasteiger partial charge >= 0.3 is 0 Å². The maximum Gasteiger partial charge on any atom is 0.220 e. The molecule has 1 aromatic heterocycles. The molecule has 0 aliphatic carbocycles. The van der Waals surface area contributed by atoms with Gasteiger partial charge < -0.3 is 14.2 Å². The van der Waals surface area contributed by atoms with Crippen molar-refractivity contribution in [2.75, 3.05) is 27.4 Å². The molecule has 170 valence electrons. The van der Waals surface area contributed by atoms with E-state index in [0.717, 1.165) is 11.4 Å². The second-order valence-electron chi connectivity index (χ2n) is 6.64. The fraction of sp³-hybridized carbons (Fsp3) is 0.333. The van der Waals surface area contributed by atoms with Gasteiger partial charge in [-0.15, -0.1) is 10.2 Å². The Balaban J connectivity index is 2.00. The minimum atomic E-state index is -0.637. The number of nitrogens with zero attached hydrogens (tertiary/aromatic N) is 4. The van der Waals surface area contributed by atoms with E-state index < -0.39 is 5.25 Å². The van der Waals surface area contributed by atoms with Gasteiger partial charge in [-0.2, -0.15) is 0 Å². The lowest BCUT2D eigenvalue weighted by atomic mass is 10.1. The molecule has 0 fully saturated rings. The van der Waals surface area contributed by atoms with E-state index in [1.54, 1.807) is 12.1 Å². The molecule has 3 aromatic rings. The highest BCUT2D eigenvalue weighted by atomic mass is 35.5. The van der Waals surface area contributed by atoms with Gasteiger partial charge in [-0.3, -0.25) is 14.7 Å². The van der Waals surface area contributed by atoms with Crippen molar-refractivity contribution in [3.63, 3.8) is 0 Å². The van der Waals surface area contributed by atoms with Gasteiger partial charge in [0.1, 0.15) is 16.8 Å². The van der Waals surface area contributed by atoms with E-state index in [0.29, 0.717) is 39.7 Å². The summed E-state index contributed by atoms with van der Waals surface area (Å²) >= 11 is 7.67. The van der Waals surface area contributed by atoms with Crippen LogP contribution in [0.3, 0.4) is 0 Å². The monoisotopic (exact) mass is 478 g/mol. The van der Waals surface area contributed by atoms with Crippen molar-refractivity contribution in [1.29, 1.82) is 0 Å². The minimum Gasteiger partial charge on any atom is -0.494 e. The van der Waals surface area contributed by atoms with Crippen LogP contribution >= 0.6 is 23.4 Å². The average molecular weight is 479 g/mol. The zero-order valence-corrected chi connectivity index (χ0v) is 19.6. The SMILES string of the molecule is CCOc1ccc(-n2c(C)nnc2S[C@H](C[N+](=O)[O-])c2cc(OC)c(OC)cc2Cl)cc1. The van der Waals surface area contributed by atoms with Gasteiger partial charge in [0.05, 0.1) is 20.8 Å². The zero-order valence-electron chi connectivity index (χ0n) is 18.1. The number of aromatic nitrogens is 3. The molecule has 0 aliphatic heterocycles. The number of benzene rings is 2. The van der Waals surface area contributed by atoms with Crippen molar-refractivity contribution >= 4 is 23.4 Å². The molecule has 0 amide bonds. The number of hydrogen-bond donors (Lipinski definition) is 0. The van der Waals surface area contributed by atoms with Crippen molar-refractivity contribution in [3.05, 3.63) is 62.9 Å². The average Bonchev–Trinajstić information content (AvgIpc) is 3.13. The molecule has 1 atom stereocenters. The first kappa shape index (κ1) is 23.7. The zero-order chi connectivity index (χ0) is 23.3. The second kappa shape index (κ2) is 10.6. The Morgan fingerprint density at radius 1 is 1.16 bits per heavy atom. The van der Waals surface area contributed by atoms with E-state index in [9.17, 15) is 10.1 Å². The molecule has 9 nitrogen and oxygen atoms in total. The van der Waals surface area contributed by atoms with E-state index >= 15 is 0 Å². The van der Waals surface area contributed by atoms with Gasteiger partial charge in [0, 0.05) is 21.7 Å². The highest BCUT2D eigenvalue weighted by molar-refractivity contribution is 7.99. The van der Waals surface area contributed by atoms with Crippen LogP contribution in [0.5, 0.6) is 17.2 Å². The Kier molecular flexibility index (Phi) is 7.81. The molecular formula is C21H23ClN4O5S. The lowest BCUT2D eigenvalue weighted by molar-refractivity contribution is -0.479. The Hall–Kier alpha value is -2.98. The van der Waals surface area contributed by atoms with E-state index in [2.05, 4.69) is 10.2 Å². The van der Waals surface area contributed by atoms with Crippen molar-refractivity contribution < 1.29 is 19.1 Å². The van der Waals surface area contributed by atoms with Crippen molar-refractivity contribution in [3.8, 4) is 22.9 Å². The Morgan fingerprint density at radius 3 is 2.41 bits per heavy atom. The summed E-state index contributed by atoms with van der Waals surface area (Å²) < 4.78 is 18.0. The van der Waals surface area contributed by atoms with Gasteiger partial charge in [0.15, 0.2) is 16.7 Å². The van der Waals surface area contributed by atoms with Crippen LogP contribution in [0.2, 0.25) is 5.02 Å². The molecule has 0 N–H and O–H groups in total. The summed E-state index contributed by atoms with van der Waals surface area (Å²) in [6.45, 7) is 3.94. The molecule has 3 rings (SSSR count). The highest BCUT2D eigenvalue weighted by Gasteiger charge is 2.27. The number of nitro groups is 1. The highest BCUT2D eigenvalue weighted by Crippen LogP contribution is 2.43. The molecule has 0 unspecified atom stereocenters. The van der Waals surface area contributed by atoms with Gasteiger partial charge in [0.2, 0.25) is 6.54 Å². The van der Waals surface area contributed by atoms with Crippen LogP contribution in [0, 0.1) is 17.0 Å². The van der Waals surface area contributed by atoms with E-state index in [1.807, 2.05) is 42.7 Å². The summed E-state index contributed by atoms with van der Waals surface area (Å²) in [6.07, 6.45) is 0.